The molecule has 0 aliphatic carbocycles. The van der Waals surface area contributed by atoms with Crippen molar-refractivity contribution in [1.82, 2.24) is 40.1 Å². The van der Waals surface area contributed by atoms with Gasteiger partial charge in [0, 0.05) is 69.3 Å². The SMILES string of the molecule is CC(C)N1CCN(c2n[nH]c3cccc(-c4ccc5[nH]ncc5c4-c4ncc(CN5CCN(C(C)(C)c6ccc(F)cc6)CC5)o4)c23)CC1. The lowest BCUT2D eigenvalue weighted by molar-refractivity contribution is 0.0450. The molecule has 2 saturated heterocycles. The highest BCUT2D eigenvalue weighted by Gasteiger charge is 2.32. The van der Waals surface area contributed by atoms with E-state index in [9.17, 15) is 4.39 Å². The second-order valence-corrected chi connectivity index (χ2v) is 14.2. The zero-order chi connectivity index (χ0) is 33.7. The Hall–Kier alpha value is -4.58. The third-order valence-electron chi connectivity index (χ3n) is 10.7. The van der Waals surface area contributed by atoms with Crippen LogP contribution in [0.15, 0.2) is 71.4 Å². The molecule has 0 amide bonds. The smallest absolute Gasteiger partial charge is 0.227 e. The van der Waals surface area contributed by atoms with Gasteiger partial charge in [-0.3, -0.25) is 24.9 Å². The number of benzene rings is 3. The van der Waals surface area contributed by atoms with Gasteiger partial charge in [0.1, 0.15) is 11.6 Å². The van der Waals surface area contributed by atoms with Gasteiger partial charge in [-0.25, -0.2) is 9.37 Å². The zero-order valence-corrected chi connectivity index (χ0v) is 28.7. The first-order chi connectivity index (χ1) is 23.8. The van der Waals surface area contributed by atoms with Crippen molar-refractivity contribution in [3.63, 3.8) is 0 Å². The summed E-state index contributed by atoms with van der Waals surface area (Å²) in [4.78, 5) is 14.7. The summed E-state index contributed by atoms with van der Waals surface area (Å²) in [6.45, 7) is 17.2. The van der Waals surface area contributed by atoms with E-state index in [2.05, 4.69) is 92.9 Å². The maximum Gasteiger partial charge on any atom is 0.227 e. The summed E-state index contributed by atoms with van der Waals surface area (Å²) >= 11 is 0. The van der Waals surface area contributed by atoms with Crippen molar-refractivity contribution in [3.05, 3.63) is 84.1 Å². The lowest BCUT2D eigenvalue weighted by atomic mass is 9.91. The standard InChI is InChI=1S/C38H44FN9O/c1-25(2)46-16-18-47(19-17-46)36-35-29(6-5-7-33(35)43-44-36)30-12-13-32-31(23-41-42-32)34(30)37-40-22-28(49-37)24-45-14-20-48(21-15-45)38(3,4)26-8-10-27(39)11-9-26/h5-13,22-23,25H,14-21,24H2,1-4H3,(H,41,42)(H,43,44). The summed E-state index contributed by atoms with van der Waals surface area (Å²) in [5.41, 5.74) is 5.93. The van der Waals surface area contributed by atoms with Gasteiger partial charge in [-0.2, -0.15) is 10.2 Å². The van der Waals surface area contributed by atoms with Gasteiger partial charge in [-0.1, -0.05) is 30.3 Å². The predicted octanol–water partition coefficient (Wildman–Crippen LogP) is 6.48. The second kappa shape index (κ2) is 12.7. The Labute approximate surface area is 285 Å². The summed E-state index contributed by atoms with van der Waals surface area (Å²) in [5.74, 6) is 2.20. The van der Waals surface area contributed by atoms with Gasteiger partial charge in [0.15, 0.2) is 5.82 Å². The fourth-order valence-corrected chi connectivity index (χ4v) is 7.65. The Morgan fingerprint density at radius 3 is 2.37 bits per heavy atom. The average Bonchev–Trinajstić information content (AvgIpc) is 3.89. The van der Waals surface area contributed by atoms with Crippen molar-refractivity contribution in [2.75, 3.05) is 57.3 Å². The zero-order valence-electron chi connectivity index (χ0n) is 28.7. The van der Waals surface area contributed by atoms with Gasteiger partial charge in [-0.05, 0) is 68.7 Å². The van der Waals surface area contributed by atoms with Crippen LogP contribution in [0.2, 0.25) is 0 Å². The van der Waals surface area contributed by atoms with Crippen LogP contribution < -0.4 is 4.90 Å². The second-order valence-electron chi connectivity index (χ2n) is 14.2. The molecule has 10 nitrogen and oxygen atoms in total. The van der Waals surface area contributed by atoms with E-state index < -0.39 is 0 Å². The van der Waals surface area contributed by atoms with Gasteiger partial charge in [0.05, 0.1) is 40.9 Å². The monoisotopic (exact) mass is 661 g/mol. The molecular weight excluding hydrogens is 617 g/mol. The van der Waals surface area contributed by atoms with Crippen LogP contribution in [-0.4, -0.2) is 98.5 Å². The van der Waals surface area contributed by atoms with E-state index in [-0.39, 0.29) is 11.4 Å². The number of nitrogens with one attached hydrogen (secondary N) is 2. The molecule has 0 radical (unpaired) electrons. The highest BCUT2D eigenvalue weighted by atomic mass is 19.1. The molecule has 0 saturated carbocycles. The van der Waals surface area contributed by atoms with E-state index in [0.29, 0.717) is 18.5 Å². The molecule has 3 aromatic carbocycles. The van der Waals surface area contributed by atoms with E-state index in [0.717, 1.165) is 108 Å². The van der Waals surface area contributed by atoms with Crippen LogP contribution in [0, 0.1) is 5.82 Å². The first-order valence-corrected chi connectivity index (χ1v) is 17.4. The maximum atomic E-state index is 13.6. The first kappa shape index (κ1) is 31.7. The normalized spacial score (nSPS) is 17.2. The number of H-pyrrole nitrogens is 2. The van der Waals surface area contributed by atoms with Crippen molar-refractivity contribution in [1.29, 1.82) is 0 Å². The number of piperazine rings is 2. The third-order valence-corrected chi connectivity index (χ3v) is 10.7. The van der Waals surface area contributed by atoms with E-state index in [4.69, 9.17) is 14.5 Å². The molecule has 0 unspecified atom stereocenters. The summed E-state index contributed by atoms with van der Waals surface area (Å²) in [5, 5.41) is 17.7. The van der Waals surface area contributed by atoms with Crippen LogP contribution >= 0.6 is 0 Å². The lowest BCUT2D eigenvalue weighted by Gasteiger charge is -2.44. The number of aromatic nitrogens is 5. The lowest BCUT2D eigenvalue weighted by Crippen LogP contribution is -2.52. The van der Waals surface area contributed by atoms with E-state index in [1.807, 2.05) is 24.5 Å². The Morgan fingerprint density at radius 1 is 0.837 bits per heavy atom. The van der Waals surface area contributed by atoms with Crippen LogP contribution in [0.3, 0.4) is 0 Å². The number of fused-ring (bicyclic) bond motifs is 2. The Bertz CT molecular complexity index is 2060. The molecule has 5 heterocycles. The fraction of sp³-hybridized carbons (Fsp3) is 0.395. The predicted molar refractivity (Wildman–Crippen MR) is 192 cm³/mol. The summed E-state index contributed by atoms with van der Waals surface area (Å²) < 4.78 is 20.2. The molecule has 2 fully saturated rings. The minimum atomic E-state index is -0.203. The van der Waals surface area contributed by atoms with Crippen LogP contribution in [0.1, 0.15) is 39.0 Å². The minimum absolute atomic E-state index is 0.182. The van der Waals surface area contributed by atoms with Crippen LogP contribution in [-0.2, 0) is 12.1 Å². The van der Waals surface area contributed by atoms with Gasteiger partial charge >= 0.3 is 0 Å². The van der Waals surface area contributed by atoms with Crippen molar-refractivity contribution < 1.29 is 8.81 Å². The third kappa shape index (κ3) is 5.89. The number of hydrogen-bond donors (Lipinski definition) is 2. The minimum Gasteiger partial charge on any atom is -0.440 e. The van der Waals surface area contributed by atoms with Crippen LogP contribution in [0.5, 0.6) is 0 Å². The Balaban J connectivity index is 1.06. The molecule has 6 aromatic rings. The molecule has 0 atom stereocenters. The topological polar surface area (TPSA) is 96.3 Å². The molecule has 2 aliphatic rings. The molecule has 11 heteroatoms. The summed E-state index contributed by atoms with van der Waals surface area (Å²) in [6, 6.07) is 18.0. The van der Waals surface area contributed by atoms with E-state index >= 15 is 0 Å². The van der Waals surface area contributed by atoms with Crippen molar-refractivity contribution in [2.24, 2.45) is 0 Å². The number of halogens is 1. The van der Waals surface area contributed by atoms with Crippen LogP contribution in [0.25, 0.3) is 44.4 Å². The summed E-state index contributed by atoms with van der Waals surface area (Å²) in [6.07, 6.45) is 3.73. The average molecular weight is 662 g/mol. The highest BCUT2D eigenvalue weighted by molar-refractivity contribution is 6.09. The van der Waals surface area contributed by atoms with Gasteiger partial charge in [0.25, 0.3) is 0 Å². The number of oxazole rings is 1. The summed E-state index contributed by atoms with van der Waals surface area (Å²) in [7, 11) is 0. The first-order valence-electron chi connectivity index (χ1n) is 17.4. The van der Waals surface area contributed by atoms with Crippen molar-refractivity contribution >= 4 is 27.6 Å². The molecule has 2 aliphatic heterocycles. The molecule has 0 bridgehead atoms. The molecule has 254 valence electrons. The number of nitrogens with zero attached hydrogens (tertiary/aromatic N) is 7. The molecule has 8 rings (SSSR count). The molecule has 49 heavy (non-hydrogen) atoms. The van der Waals surface area contributed by atoms with E-state index in [1.54, 1.807) is 12.1 Å². The molecule has 3 aromatic heterocycles. The largest absolute Gasteiger partial charge is 0.440 e. The number of aromatic amines is 2. The van der Waals surface area contributed by atoms with Crippen LogP contribution in [0.4, 0.5) is 10.2 Å². The van der Waals surface area contributed by atoms with E-state index in [1.165, 1.54) is 0 Å². The van der Waals surface area contributed by atoms with Crippen molar-refractivity contribution in [2.45, 2.75) is 45.8 Å². The molecule has 2 N–H and O–H groups in total. The molecular formula is C38H44FN9O. The number of rotatable bonds is 8. The van der Waals surface area contributed by atoms with Gasteiger partial charge < -0.3 is 9.32 Å². The van der Waals surface area contributed by atoms with Gasteiger partial charge in [-0.15, -0.1) is 0 Å². The fourth-order valence-electron chi connectivity index (χ4n) is 7.65. The van der Waals surface area contributed by atoms with Crippen molar-refractivity contribution in [3.8, 4) is 22.6 Å². The number of hydrogen-bond acceptors (Lipinski definition) is 8. The maximum absolute atomic E-state index is 13.6. The Morgan fingerprint density at radius 2 is 1.61 bits per heavy atom. The quantitative estimate of drug-likeness (QED) is 0.191. The highest BCUT2D eigenvalue weighted by Crippen LogP contribution is 2.42. The van der Waals surface area contributed by atoms with Gasteiger partial charge in [0.2, 0.25) is 5.89 Å². The number of anilines is 1. The Kier molecular flexibility index (Phi) is 8.21. The molecule has 0 spiro atoms.